The third-order valence-electron chi connectivity index (χ3n) is 2.95. The van der Waals surface area contributed by atoms with Crippen molar-refractivity contribution in [1.29, 1.82) is 0 Å². The Balaban J connectivity index is 1.77. The van der Waals surface area contributed by atoms with E-state index in [4.69, 9.17) is 5.73 Å². The molecule has 0 amide bonds. The van der Waals surface area contributed by atoms with Gasteiger partial charge in [-0.05, 0) is 49.8 Å². The second-order valence-electron chi connectivity index (χ2n) is 4.34. The van der Waals surface area contributed by atoms with E-state index in [-0.39, 0.29) is 11.4 Å². The highest BCUT2D eigenvalue weighted by Crippen LogP contribution is 2.36. The van der Waals surface area contributed by atoms with Crippen molar-refractivity contribution in [3.63, 3.8) is 0 Å². The predicted molar refractivity (Wildman–Crippen MR) is 55.5 cm³/mol. The molecule has 14 heavy (non-hydrogen) atoms. The van der Waals surface area contributed by atoms with Gasteiger partial charge in [-0.1, -0.05) is 12.1 Å². The molecule has 1 aromatic carbocycles. The van der Waals surface area contributed by atoms with E-state index >= 15 is 0 Å². The standard InChI is InChI=1S/C12H16FN/c13-11-5-3-10(4-6-11)2-1-7-12(14)8-9-12/h3-6H,1-2,7-9,14H2. The van der Waals surface area contributed by atoms with Crippen LogP contribution in [-0.2, 0) is 6.42 Å². The van der Waals surface area contributed by atoms with Crippen molar-refractivity contribution in [2.45, 2.75) is 37.6 Å². The second-order valence-corrected chi connectivity index (χ2v) is 4.34. The largest absolute Gasteiger partial charge is 0.325 e. The molecular weight excluding hydrogens is 177 g/mol. The van der Waals surface area contributed by atoms with Gasteiger partial charge >= 0.3 is 0 Å². The molecule has 2 rings (SSSR count). The summed E-state index contributed by atoms with van der Waals surface area (Å²) in [7, 11) is 0. The average Bonchev–Trinajstić information content (AvgIpc) is 2.88. The molecule has 0 bridgehead atoms. The van der Waals surface area contributed by atoms with E-state index in [9.17, 15) is 4.39 Å². The van der Waals surface area contributed by atoms with E-state index < -0.39 is 0 Å². The minimum absolute atomic E-state index is 0.153. The fourth-order valence-electron chi connectivity index (χ4n) is 1.71. The molecule has 1 nitrogen and oxygen atoms in total. The maximum atomic E-state index is 12.6. The Labute approximate surface area is 84.1 Å². The molecular formula is C12H16FN. The van der Waals surface area contributed by atoms with Gasteiger partial charge in [0.2, 0.25) is 0 Å². The number of benzene rings is 1. The number of rotatable bonds is 4. The summed E-state index contributed by atoms with van der Waals surface area (Å²) < 4.78 is 12.6. The normalized spacial score (nSPS) is 18.1. The van der Waals surface area contributed by atoms with Crippen LogP contribution >= 0.6 is 0 Å². The third kappa shape index (κ3) is 2.55. The predicted octanol–water partition coefficient (Wildman–Crippen LogP) is 2.64. The summed E-state index contributed by atoms with van der Waals surface area (Å²) in [5.74, 6) is -0.161. The fourth-order valence-corrected chi connectivity index (χ4v) is 1.71. The van der Waals surface area contributed by atoms with Crippen LogP contribution in [0.15, 0.2) is 24.3 Å². The van der Waals surface area contributed by atoms with Crippen LogP contribution < -0.4 is 5.73 Å². The molecule has 0 atom stereocenters. The van der Waals surface area contributed by atoms with Crippen LogP contribution in [0.25, 0.3) is 0 Å². The summed E-state index contributed by atoms with van der Waals surface area (Å²) in [6.45, 7) is 0. The zero-order valence-electron chi connectivity index (χ0n) is 8.30. The lowest BCUT2D eigenvalue weighted by Crippen LogP contribution is -2.21. The quantitative estimate of drug-likeness (QED) is 0.781. The van der Waals surface area contributed by atoms with Gasteiger partial charge in [0.1, 0.15) is 5.82 Å². The number of halogens is 1. The van der Waals surface area contributed by atoms with Gasteiger partial charge in [0, 0.05) is 5.54 Å². The molecule has 1 aliphatic carbocycles. The van der Waals surface area contributed by atoms with Gasteiger partial charge in [-0.25, -0.2) is 4.39 Å². The number of hydrogen-bond acceptors (Lipinski definition) is 1. The third-order valence-corrected chi connectivity index (χ3v) is 2.95. The van der Waals surface area contributed by atoms with E-state index in [1.54, 1.807) is 0 Å². The summed E-state index contributed by atoms with van der Waals surface area (Å²) in [5, 5.41) is 0. The highest BCUT2D eigenvalue weighted by atomic mass is 19.1. The van der Waals surface area contributed by atoms with Crippen molar-refractivity contribution in [1.82, 2.24) is 0 Å². The zero-order chi connectivity index (χ0) is 10.0. The molecule has 1 aliphatic rings. The van der Waals surface area contributed by atoms with E-state index in [1.807, 2.05) is 12.1 Å². The minimum Gasteiger partial charge on any atom is -0.325 e. The van der Waals surface area contributed by atoms with Gasteiger partial charge in [0.25, 0.3) is 0 Å². The van der Waals surface area contributed by atoms with E-state index in [1.165, 1.54) is 30.5 Å². The highest BCUT2D eigenvalue weighted by molar-refractivity contribution is 5.16. The monoisotopic (exact) mass is 193 g/mol. The molecule has 1 fully saturated rings. The second kappa shape index (κ2) is 3.70. The van der Waals surface area contributed by atoms with Crippen molar-refractivity contribution in [3.8, 4) is 0 Å². The SMILES string of the molecule is NC1(CCCc2ccc(F)cc2)CC1. The molecule has 0 aliphatic heterocycles. The first-order chi connectivity index (χ1) is 6.68. The Hall–Kier alpha value is -0.890. The van der Waals surface area contributed by atoms with Crippen LogP contribution in [0.2, 0.25) is 0 Å². The fraction of sp³-hybridized carbons (Fsp3) is 0.500. The van der Waals surface area contributed by atoms with Crippen molar-refractivity contribution in [3.05, 3.63) is 35.6 Å². The van der Waals surface area contributed by atoms with Crippen LogP contribution in [0.5, 0.6) is 0 Å². The van der Waals surface area contributed by atoms with Crippen molar-refractivity contribution in [2.24, 2.45) is 5.73 Å². The lowest BCUT2D eigenvalue weighted by molar-refractivity contribution is 0.575. The van der Waals surface area contributed by atoms with E-state index in [2.05, 4.69) is 0 Å². The highest BCUT2D eigenvalue weighted by Gasteiger charge is 2.36. The van der Waals surface area contributed by atoms with Crippen molar-refractivity contribution in [2.75, 3.05) is 0 Å². The van der Waals surface area contributed by atoms with Gasteiger partial charge in [0.05, 0.1) is 0 Å². The summed E-state index contributed by atoms with van der Waals surface area (Å²) >= 11 is 0. The summed E-state index contributed by atoms with van der Waals surface area (Å²) in [5.41, 5.74) is 7.33. The van der Waals surface area contributed by atoms with Crippen LogP contribution in [0.1, 0.15) is 31.2 Å². The molecule has 2 heteroatoms. The molecule has 0 saturated heterocycles. The van der Waals surface area contributed by atoms with Gasteiger partial charge in [0.15, 0.2) is 0 Å². The van der Waals surface area contributed by atoms with Crippen molar-refractivity contribution < 1.29 is 4.39 Å². The number of hydrogen-bond donors (Lipinski definition) is 1. The lowest BCUT2D eigenvalue weighted by atomic mass is 10.0. The van der Waals surface area contributed by atoms with E-state index in [0.29, 0.717) is 0 Å². The Bertz CT molecular complexity index is 301. The number of aryl methyl sites for hydroxylation is 1. The molecule has 76 valence electrons. The zero-order valence-corrected chi connectivity index (χ0v) is 8.30. The first-order valence-electron chi connectivity index (χ1n) is 5.21. The van der Waals surface area contributed by atoms with Gasteiger partial charge in [-0.3, -0.25) is 0 Å². The Morgan fingerprint density at radius 2 is 1.86 bits per heavy atom. The Morgan fingerprint density at radius 3 is 2.43 bits per heavy atom. The van der Waals surface area contributed by atoms with Crippen LogP contribution in [0.3, 0.4) is 0 Å². The molecule has 0 radical (unpaired) electrons. The first-order valence-corrected chi connectivity index (χ1v) is 5.21. The lowest BCUT2D eigenvalue weighted by Gasteiger charge is -2.07. The molecule has 2 N–H and O–H groups in total. The molecule has 0 heterocycles. The van der Waals surface area contributed by atoms with E-state index in [0.717, 1.165) is 19.3 Å². The molecule has 1 aromatic rings. The summed E-state index contributed by atoms with van der Waals surface area (Å²) in [6, 6.07) is 6.74. The number of nitrogens with two attached hydrogens (primary N) is 1. The Morgan fingerprint density at radius 1 is 1.21 bits per heavy atom. The van der Waals surface area contributed by atoms with Gasteiger partial charge < -0.3 is 5.73 Å². The summed E-state index contributed by atoms with van der Waals surface area (Å²) in [6.07, 6.45) is 5.58. The van der Waals surface area contributed by atoms with Crippen LogP contribution in [-0.4, -0.2) is 5.54 Å². The average molecular weight is 193 g/mol. The van der Waals surface area contributed by atoms with Gasteiger partial charge in [-0.15, -0.1) is 0 Å². The molecule has 1 saturated carbocycles. The molecule has 0 aromatic heterocycles. The maximum absolute atomic E-state index is 12.6. The smallest absolute Gasteiger partial charge is 0.123 e. The topological polar surface area (TPSA) is 26.0 Å². The van der Waals surface area contributed by atoms with Crippen LogP contribution in [0.4, 0.5) is 4.39 Å². The first kappa shape index (κ1) is 9.66. The summed E-state index contributed by atoms with van der Waals surface area (Å²) in [4.78, 5) is 0. The Kier molecular flexibility index (Phi) is 2.55. The molecule has 0 unspecified atom stereocenters. The van der Waals surface area contributed by atoms with Crippen molar-refractivity contribution >= 4 is 0 Å². The molecule has 0 spiro atoms. The van der Waals surface area contributed by atoms with Crippen LogP contribution in [0, 0.1) is 5.82 Å². The van der Waals surface area contributed by atoms with Gasteiger partial charge in [-0.2, -0.15) is 0 Å². The minimum atomic E-state index is -0.161. The maximum Gasteiger partial charge on any atom is 0.123 e.